The summed E-state index contributed by atoms with van der Waals surface area (Å²) in [7, 11) is 0. The van der Waals surface area contributed by atoms with E-state index >= 15 is 0 Å². The van der Waals surface area contributed by atoms with Crippen LogP contribution >= 0.6 is 24.8 Å². The number of carbonyl (C=O) groups is 1. The first-order valence-electron chi connectivity index (χ1n) is 8.60. The summed E-state index contributed by atoms with van der Waals surface area (Å²) >= 11 is 0. The van der Waals surface area contributed by atoms with Gasteiger partial charge >= 0.3 is 0 Å². The van der Waals surface area contributed by atoms with Crippen molar-refractivity contribution >= 4 is 30.7 Å². The monoisotopic (exact) mass is 395 g/mol. The fourth-order valence-corrected chi connectivity index (χ4v) is 3.29. The van der Waals surface area contributed by atoms with Crippen molar-refractivity contribution in [3.05, 3.63) is 71.8 Å². The fourth-order valence-electron chi connectivity index (χ4n) is 3.29. The van der Waals surface area contributed by atoms with Gasteiger partial charge in [0, 0.05) is 19.1 Å². The third-order valence-electron chi connectivity index (χ3n) is 4.68. The summed E-state index contributed by atoms with van der Waals surface area (Å²) in [5, 5.41) is 3.03. The van der Waals surface area contributed by atoms with E-state index in [9.17, 15) is 4.79 Å². The molecule has 4 nitrogen and oxygen atoms in total. The van der Waals surface area contributed by atoms with Crippen molar-refractivity contribution < 1.29 is 4.79 Å². The smallest absolute Gasteiger partial charge is 0.241 e. The Labute approximate surface area is 168 Å². The molecule has 0 radical (unpaired) electrons. The van der Waals surface area contributed by atoms with Gasteiger partial charge in [0.05, 0.1) is 0 Å². The largest absolute Gasteiger partial charge is 0.353 e. The van der Waals surface area contributed by atoms with E-state index in [4.69, 9.17) is 5.73 Å². The zero-order chi connectivity index (χ0) is 16.8. The van der Waals surface area contributed by atoms with Gasteiger partial charge in [-0.05, 0) is 30.5 Å². The Morgan fingerprint density at radius 3 is 2.35 bits per heavy atom. The maximum Gasteiger partial charge on any atom is 0.241 e. The first-order chi connectivity index (χ1) is 11.7. The summed E-state index contributed by atoms with van der Waals surface area (Å²) in [5.74, 6) is -0.104. The highest BCUT2D eigenvalue weighted by atomic mass is 35.5. The lowest BCUT2D eigenvalue weighted by atomic mass is 10.1. The second-order valence-corrected chi connectivity index (χ2v) is 6.39. The van der Waals surface area contributed by atoms with Gasteiger partial charge in [-0.25, -0.2) is 0 Å². The van der Waals surface area contributed by atoms with Gasteiger partial charge < -0.3 is 11.1 Å². The van der Waals surface area contributed by atoms with Gasteiger partial charge in [0.15, 0.2) is 0 Å². The highest BCUT2D eigenvalue weighted by molar-refractivity contribution is 5.85. The maximum atomic E-state index is 12.3. The molecule has 3 rings (SSSR count). The predicted molar refractivity (Wildman–Crippen MR) is 111 cm³/mol. The number of rotatable bonds is 6. The van der Waals surface area contributed by atoms with E-state index in [-0.39, 0.29) is 30.7 Å². The molecule has 2 aromatic rings. The van der Waals surface area contributed by atoms with Crippen LogP contribution in [0.15, 0.2) is 60.7 Å². The Morgan fingerprint density at radius 1 is 1.08 bits per heavy atom. The molecule has 26 heavy (non-hydrogen) atoms. The van der Waals surface area contributed by atoms with Gasteiger partial charge in [0.2, 0.25) is 5.91 Å². The summed E-state index contributed by atoms with van der Waals surface area (Å²) in [5.41, 5.74) is 8.22. The fraction of sp³-hybridized carbons (Fsp3) is 0.350. The van der Waals surface area contributed by atoms with Crippen LogP contribution in [0.25, 0.3) is 0 Å². The Kier molecular flexibility index (Phi) is 9.66. The topological polar surface area (TPSA) is 58.4 Å². The molecule has 1 aliphatic rings. The minimum absolute atomic E-state index is 0. The quantitative estimate of drug-likeness (QED) is 0.788. The molecule has 2 aromatic carbocycles. The zero-order valence-corrected chi connectivity index (χ0v) is 16.3. The van der Waals surface area contributed by atoms with E-state index in [0.717, 1.165) is 25.1 Å². The van der Waals surface area contributed by atoms with Crippen molar-refractivity contribution in [1.29, 1.82) is 0 Å². The summed E-state index contributed by atoms with van der Waals surface area (Å²) in [4.78, 5) is 14.8. The van der Waals surface area contributed by atoms with Gasteiger partial charge in [-0.15, -0.1) is 24.8 Å². The van der Waals surface area contributed by atoms with Crippen LogP contribution in [0.2, 0.25) is 0 Å². The average Bonchev–Trinajstić information content (AvgIpc) is 3.07. The maximum absolute atomic E-state index is 12.3. The second-order valence-electron chi connectivity index (χ2n) is 6.39. The molecule has 1 aliphatic heterocycles. The standard InChI is InChI=1S/C20H25N3O.2ClH/c21-19(17-10-5-2-6-11-17)20(24)22-14-18-12-7-13-23(18)15-16-8-3-1-4-9-16;;/h1-6,8-11,18-19H,7,12-15,21H2,(H,22,24);2*1H. The molecule has 0 spiro atoms. The Balaban J connectivity index is 0.00000169. The molecule has 142 valence electrons. The Bertz CT molecular complexity index is 655. The normalized spacial score (nSPS) is 17.7. The molecule has 2 unspecified atom stereocenters. The first-order valence-corrected chi connectivity index (χ1v) is 8.60. The van der Waals surface area contributed by atoms with Crippen molar-refractivity contribution in [1.82, 2.24) is 10.2 Å². The van der Waals surface area contributed by atoms with Crippen LogP contribution in [0.5, 0.6) is 0 Å². The molecule has 0 bridgehead atoms. The van der Waals surface area contributed by atoms with Crippen LogP contribution in [0.1, 0.15) is 30.0 Å². The molecule has 1 saturated heterocycles. The van der Waals surface area contributed by atoms with Crippen molar-refractivity contribution in [3.63, 3.8) is 0 Å². The lowest BCUT2D eigenvalue weighted by Gasteiger charge is -2.25. The number of hydrogen-bond donors (Lipinski definition) is 2. The highest BCUT2D eigenvalue weighted by Crippen LogP contribution is 2.19. The van der Waals surface area contributed by atoms with Crippen LogP contribution < -0.4 is 11.1 Å². The van der Waals surface area contributed by atoms with Gasteiger partial charge in [-0.2, -0.15) is 0 Å². The van der Waals surface area contributed by atoms with Gasteiger partial charge in [-0.1, -0.05) is 60.7 Å². The summed E-state index contributed by atoms with van der Waals surface area (Å²) in [6.07, 6.45) is 2.30. The van der Waals surface area contributed by atoms with Crippen molar-refractivity contribution in [2.45, 2.75) is 31.5 Å². The third kappa shape index (κ3) is 5.99. The number of amides is 1. The van der Waals surface area contributed by atoms with Crippen LogP contribution in [0, 0.1) is 0 Å². The molecule has 2 atom stereocenters. The molecule has 0 aromatic heterocycles. The molecule has 1 fully saturated rings. The van der Waals surface area contributed by atoms with E-state index in [2.05, 4.69) is 34.5 Å². The summed E-state index contributed by atoms with van der Waals surface area (Å²) < 4.78 is 0. The van der Waals surface area contributed by atoms with Crippen molar-refractivity contribution in [2.24, 2.45) is 5.73 Å². The minimum Gasteiger partial charge on any atom is -0.353 e. The highest BCUT2D eigenvalue weighted by Gasteiger charge is 2.25. The lowest BCUT2D eigenvalue weighted by Crippen LogP contribution is -2.42. The predicted octanol–water partition coefficient (Wildman–Crippen LogP) is 3.31. The molecule has 0 aliphatic carbocycles. The molecule has 1 heterocycles. The molecule has 0 saturated carbocycles. The minimum atomic E-state index is -0.602. The molecule has 1 amide bonds. The average molecular weight is 396 g/mol. The van der Waals surface area contributed by atoms with Gasteiger partial charge in [0.25, 0.3) is 0 Å². The van der Waals surface area contributed by atoms with Crippen LogP contribution in [-0.2, 0) is 11.3 Å². The number of halogens is 2. The van der Waals surface area contributed by atoms with E-state index in [0.29, 0.717) is 12.6 Å². The number of benzene rings is 2. The molecule has 6 heteroatoms. The van der Waals surface area contributed by atoms with Crippen molar-refractivity contribution in [2.75, 3.05) is 13.1 Å². The van der Waals surface area contributed by atoms with Crippen LogP contribution in [0.4, 0.5) is 0 Å². The molecule has 3 N–H and O–H groups in total. The SMILES string of the molecule is Cl.Cl.NC(C(=O)NCC1CCCN1Cc1ccccc1)c1ccccc1. The number of hydrogen-bond acceptors (Lipinski definition) is 3. The van der Waals surface area contributed by atoms with Crippen LogP contribution in [-0.4, -0.2) is 29.9 Å². The number of nitrogens with zero attached hydrogens (tertiary/aromatic N) is 1. The number of nitrogens with one attached hydrogen (secondary N) is 1. The lowest BCUT2D eigenvalue weighted by molar-refractivity contribution is -0.122. The van der Waals surface area contributed by atoms with Crippen molar-refractivity contribution in [3.8, 4) is 0 Å². The van der Waals surface area contributed by atoms with Gasteiger partial charge in [0.1, 0.15) is 6.04 Å². The summed E-state index contributed by atoms with van der Waals surface area (Å²) in [6, 6.07) is 19.8. The number of nitrogens with two attached hydrogens (primary N) is 1. The van der Waals surface area contributed by atoms with E-state index in [1.54, 1.807) is 0 Å². The van der Waals surface area contributed by atoms with E-state index in [1.807, 2.05) is 36.4 Å². The number of likely N-dealkylation sites (tertiary alicyclic amines) is 1. The Morgan fingerprint density at radius 2 is 1.69 bits per heavy atom. The zero-order valence-electron chi connectivity index (χ0n) is 14.7. The van der Waals surface area contributed by atoms with Crippen LogP contribution in [0.3, 0.4) is 0 Å². The number of carbonyl (C=O) groups excluding carboxylic acids is 1. The molecular weight excluding hydrogens is 369 g/mol. The molecular formula is C20H27Cl2N3O. The summed E-state index contributed by atoms with van der Waals surface area (Å²) in [6.45, 7) is 2.68. The second kappa shape index (κ2) is 11.2. The first kappa shape index (κ1) is 22.5. The third-order valence-corrected chi connectivity index (χ3v) is 4.68. The van der Waals surface area contributed by atoms with Gasteiger partial charge in [-0.3, -0.25) is 9.69 Å². The van der Waals surface area contributed by atoms with E-state index in [1.165, 1.54) is 12.0 Å². The Hall–Kier alpha value is -1.59. The van der Waals surface area contributed by atoms with E-state index < -0.39 is 6.04 Å².